The van der Waals surface area contributed by atoms with Crippen molar-refractivity contribution in [3.05, 3.63) is 69.2 Å². The smallest absolute Gasteiger partial charge is 0.0729 e. The molecule has 0 aromatic heterocycles. The third-order valence-corrected chi connectivity index (χ3v) is 3.75. The minimum atomic E-state index is -0.0886. The van der Waals surface area contributed by atoms with Gasteiger partial charge in [-0.3, -0.25) is 5.84 Å². The number of rotatable bonds is 3. The Balaban J connectivity index is 2.58. The highest BCUT2D eigenvalue weighted by atomic mass is 35.5. The molecule has 2 rings (SSSR count). The number of hydrogen-bond donors (Lipinski definition) is 2. The first-order valence-electron chi connectivity index (χ1n) is 6.33. The standard InChI is InChI=1S/C16H19ClN2/c1-10-8-11(2)15(12(3)9-10)16(19-18)13-6-4-5-7-14(13)17/h4-9,16,19H,18H2,1-3H3. The Morgan fingerprint density at radius 3 is 2.16 bits per heavy atom. The highest BCUT2D eigenvalue weighted by Gasteiger charge is 2.19. The largest absolute Gasteiger partial charge is 0.271 e. The third kappa shape index (κ3) is 2.81. The van der Waals surface area contributed by atoms with Crippen molar-refractivity contribution in [2.45, 2.75) is 26.8 Å². The van der Waals surface area contributed by atoms with Gasteiger partial charge >= 0.3 is 0 Å². The van der Waals surface area contributed by atoms with Gasteiger partial charge in [0.1, 0.15) is 0 Å². The molecule has 0 radical (unpaired) electrons. The van der Waals surface area contributed by atoms with Gasteiger partial charge in [-0.25, -0.2) is 5.43 Å². The summed E-state index contributed by atoms with van der Waals surface area (Å²) in [5.41, 5.74) is 8.79. The number of nitrogens with two attached hydrogens (primary N) is 1. The summed E-state index contributed by atoms with van der Waals surface area (Å²) in [7, 11) is 0. The van der Waals surface area contributed by atoms with Gasteiger partial charge in [-0.2, -0.15) is 0 Å². The second-order valence-electron chi connectivity index (χ2n) is 4.93. The van der Waals surface area contributed by atoms with Crippen LogP contribution >= 0.6 is 11.6 Å². The molecule has 1 unspecified atom stereocenters. The first-order valence-corrected chi connectivity index (χ1v) is 6.70. The molecule has 2 aromatic carbocycles. The Kier molecular flexibility index (Phi) is 4.25. The van der Waals surface area contributed by atoms with Crippen molar-refractivity contribution in [2.75, 3.05) is 0 Å². The summed E-state index contributed by atoms with van der Waals surface area (Å²) in [5, 5.41) is 0.727. The molecule has 3 N–H and O–H groups in total. The number of aryl methyl sites for hydroxylation is 3. The fourth-order valence-corrected chi connectivity index (χ4v) is 2.93. The molecule has 0 aliphatic heterocycles. The molecule has 0 saturated carbocycles. The summed E-state index contributed by atoms with van der Waals surface area (Å²) in [5.74, 6) is 5.77. The fourth-order valence-electron chi connectivity index (χ4n) is 2.68. The maximum absolute atomic E-state index is 6.29. The van der Waals surface area contributed by atoms with E-state index in [0.29, 0.717) is 0 Å². The Labute approximate surface area is 119 Å². The third-order valence-electron chi connectivity index (χ3n) is 3.41. The molecule has 0 fully saturated rings. The number of benzene rings is 2. The van der Waals surface area contributed by atoms with Crippen LogP contribution in [0.1, 0.15) is 33.9 Å². The quantitative estimate of drug-likeness (QED) is 0.660. The molecule has 0 aliphatic rings. The van der Waals surface area contributed by atoms with Crippen molar-refractivity contribution < 1.29 is 0 Å². The van der Waals surface area contributed by atoms with Gasteiger partial charge in [0.05, 0.1) is 6.04 Å². The highest BCUT2D eigenvalue weighted by molar-refractivity contribution is 6.31. The number of hydrazine groups is 1. The Morgan fingerprint density at radius 2 is 1.63 bits per heavy atom. The number of nitrogens with one attached hydrogen (secondary N) is 1. The molecule has 0 bridgehead atoms. The van der Waals surface area contributed by atoms with E-state index in [-0.39, 0.29) is 6.04 Å². The van der Waals surface area contributed by atoms with Crippen LogP contribution in [-0.4, -0.2) is 0 Å². The summed E-state index contributed by atoms with van der Waals surface area (Å²) in [6.45, 7) is 6.32. The van der Waals surface area contributed by atoms with Crippen LogP contribution in [0.2, 0.25) is 5.02 Å². The van der Waals surface area contributed by atoms with Gasteiger partial charge in [0.15, 0.2) is 0 Å². The van der Waals surface area contributed by atoms with Crippen LogP contribution in [0, 0.1) is 20.8 Å². The molecule has 0 saturated heterocycles. The molecule has 1 atom stereocenters. The van der Waals surface area contributed by atoms with Crippen molar-refractivity contribution in [3.63, 3.8) is 0 Å². The van der Waals surface area contributed by atoms with E-state index in [1.807, 2.05) is 24.3 Å². The molecular weight excluding hydrogens is 256 g/mol. The second kappa shape index (κ2) is 5.74. The molecule has 19 heavy (non-hydrogen) atoms. The van der Waals surface area contributed by atoms with Crippen molar-refractivity contribution in [1.82, 2.24) is 5.43 Å². The van der Waals surface area contributed by atoms with E-state index in [0.717, 1.165) is 10.6 Å². The van der Waals surface area contributed by atoms with E-state index in [1.54, 1.807) is 0 Å². The van der Waals surface area contributed by atoms with E-state index >= 15 is 0 Å². The molecule has 0 spiro atoms. The van der Waals surface area contributed by atoms with E-state index < -0.39 is 0 Å². The van der Waals surface area contributed by atoms with Gasteiger partial charge in [0, 0.05) is 5.02 Å². The first kappa shape index (κ1) is 14.1. The molecule has 2 aromatic rings. The van der Waals surface area contributed by atoms with Crippen LogP contribution in [0.4, 0.5) is 0 Å². The van der Waals surface area contributed by atoms with Crippen molar-refractivity contribution >= 4 is 11.6 Å². The molecule has 100 valence electrons. The van der Waals surface area contributed by atoms with Crippen molar-refractivity contribution in [2.24, 2.45) is 5.84 Å². The average molecular weight is 275 g/mol. The molecule has 0 heterocycles. The van der Waals surface area contributed by atoms with Crippen LogP contribution in [0.15, 0.2) is 36.4 Å². The molecule has 0 aliphatic carbocycles. The van der Waals surface area contributed by atoms with E-state index in [2.05, 4.69) is 38.3 Å². The monoisotopic (exact) mass is 274 g/mol. The van der Waals surface area contributed by atoms with Crippen LogP contribution in [0.5, 0.6) is 0 Å². The van der Waals surface area contributed by atoms with E-state index in [4.69, 9.17) is 17.4 Å². The highest BCUT2D eigenvalue weighted by Crippen LogP contribution is 2.32. The molecular formula is C16H19ClN2. The Bertz CT molecular complexity index is 570. The zero-order valence-electron chi connectivity index (χ0n) is 11.5. The summed E-state index contributed by atoms with van der Waals surface area (Å²) >= 11 is 6.29. The van der Waals surface area contributed by atoms with Crippen LogP contribution in [0.3, 0.4) is 0 Å². The zero-order valence-corrected chi connectivity index (χ0v) is 12.3. The first-order chi connectivity index (χ1) is 9.04. The van der Waals surface area contributed by atoms with E-state index in [9.17, 15) is 0 Å². The SMILES string of the molecule is Cc1cc(C)c(C(NN)c2ccccc2Cl)c(C)c1. The van der Waals surface area contributed by atoms with Gasteiger partial charge in [-0.1, -0.05) is 47.5 Å². The lowest BCUT2D eigenvalue weighted by Gasteiger charge is -2.23. The fraction of sp³-hybridized carbons (Fsp3) is 0.250. The molecule has 3 heteroatoms. The minimum absolute atomic E-state index is 0.0886. The lowest BCUT2D eigenvalue weighted by Crippen LogP contribution is -2.30. The van der Waals surface area contributed by atoms with Gasteiger partial charge in [-0.05, 0) is 49.1 Å². The van der Waals surface area contributed by atoms with Crippen molar-refractivity contribution in [3.8, 4) is 0 Å². The maximum atomic E-state index is 6.29. The van der Waals surface area contributed by atoms with Gasteiger partial charge in [-0.15, -0.1) is 0 Å². The number of halogens is 1. The Morgan fingerprint density at radius 1 is 1.05 bits per heavy atom. The molecule has 2 nitrogen and oxygen atoms in total. The summed E-state index contributed by atoms with van der Waals surface area (Å²) < 4.78 is 0. The van der Waals surface area contributed by atoms with Gasteiger partial charge < -0.3 is 0 Å². The summed E-state index contributed by atoms with van der Waals surface area (Å²) in [6, 6.07) is 12.0. The van der Waals surface area contributed by atoms with Gasteiger partial charge in [0.2, 0.25) is 0 Å². The van der Waals surface area contributed by atoms with E-state index in [1.165, 1.54) is 22.3 Å². The van der Waals surface area contributed by atoms with Crippen LogP contribution in [-0.2, 0) is 0 Å². The summed E-state index contributed by atoms with van der Waals surface area (Å²) in [6.07, 6.45) is 0. The van der Waals surface area contributed by atoms with Crippen LogP contribution in [0.25, 0.3) is 0 Å². The summed E-state index contributed by atoms with van der Waals surface area (Å²) in [4.78, 5) is 0. The lowest BCUT2D eigenvalue weighted by atomic mass is 9.90. The predicted octanol–water partition coefficient (Wildman–Crippen LogP) is 3.82. The van der Waals surface area contributed by atoms with Crippen molar-refractivity contribution in [1.29, 1.82) is 0 Å². The lowest BCUT2D eigenvalue weighted by molar-refractivity contribution is 0.630. The van der Waals surface area contributed by atoms with Gasteiger partial charge in [0.25, 0.3) is 0 Å². The topological polar surface area (TPSA) is 38.0 Å². The van der Waals surface area contributed by atoms with Crippen LogP contribution < -0.4 is 11.3 Å². The number of hydrogen-bond acceptors (Lipinski definition) is 2. The Hall–Kier alpha value is -1.35. The zero-order chi connectivity index (χ0) is 14.0. The maximum Gasteiger partial charge on any atom is 0.0729 e. The second-order valence-corrected chi connectivity index (χ2v) is 5.34. The minimum Gasteiger partial charge on any atom is -0.271 e. The average Bonchev–Trinajstić information content (AvgIpc) is 2.34. The normalized spacial score (nSPS) is 12.5. The molecule has 0 amide bonds. The predicted molar refractivity (Wildman–Crippen MR) is 81.3 cm³/mol.